The number of furan rings is 1. The van der Waals surface area contributed by atoms with Gasteiger partial charge in [0.05, 0.1) is 0 Å². The lowest BCUT2D eigenvalue weighted by Gasteiger charge is -2.10. The lowest BCUT2D eigenvalue weighted by molar-refractivity contribution is 0.669. The van der Waals surface area contributed by atoms with E-state index in [1.54, 1.807) is 11.3 Å². The molecular weight excluding hydrogens is 703 g/mol. The zero-order valence-electron chi connectivity index (χ0n) is 30.1. The molecule has 0 aliphatic carbocycles. The molecule has 3 aromatic heterocycles. The lowest BCUT2D eigenvalue weighted by atomic mass is 9.97. The van der Waals surface area contributed by atoms with E-state index in [1.807, 2.05) is 54.6 Å². The molecule has 0 amide bonds. The Bertz CT molecular complexity index is 3220. The van der Waals surface area contributed by atoms with Crippen molar-refractivity contribution in [1.82, 2.24) is 15.0 Å². The van der Waals surface area contributed by atoms with Gasteiger partial charge in [-0.05, 0) is 69.8 Å². The van der Waals surface area contributed by atoms with Crippen LogP contribution in [0.15, 0.2) is 192 Å². The zero-order valence-corrected chi connectivity index (χ0v) is 30.9. The molecular formula is C51H31N3OS. The van der Waals surface area contributed by atoms with Crippen LogP contribution in [0.4, 0.5) is 0 Å². The van der Waals surface area contributed by atoms with E-state index in [1.165, 1.54) is 48.2 Å². The Kier molecular flexibility index (Phi) is 7.64. The van der Waals surface area contributed by atoms with Gasteiger partial charge in [-0.3, -0.25) is 0 Å². The topological polar surface area (TPSA) is 51.8 Å². The van der Waals surface area contributed by atoms with Gasteiger partial charge in [0.1, 0.15) is 11.2 Å². The molecule has 0 aliphatic rings. The largest absolute Gasteiger partial charge is 0.456 e. The molecule has 0 spiro atoms. The number of rotatable bonds is 6. The average Bonchev–Trinajstić information content (AvgIpc) is 3.85. The molecule has 8 aromatic carbocycles. The van der Waals surface area contributed by atoms with Crippen LogP contribution in [-0.2, 0) is 0 Å². The molecule has 5 heteroatoms. The normalized spacial score (nSPS) is 11.6. The van der Waals surface area contributed by atoms with Crippen LogP contribution in [0.5, 0.6) is 0 Å². The molecule has 0 N–H and O–H groups in total. The van der Waals surface area contributed by atoms with Crippen molar-refractivity contribution in [2.75, 3.05) is 0 Å². The van der Waals surface area contributed by atoms with Crippen LogP contribution >= 0.6 is 11.3 Å². The molecule has 11 aromatic rings. The average molecular weight is 734 g/mol. The third kappa shape index (κ3) is 5.65. The van der Waals surface area contributed by atoms with Crippen molar-refractivity contribution in [3.05, 3.63) is 188 Å². The minimum Gasteiger partial charge on any atom is -0.456 e. The first-order valence-corrected chi connectivity index (χ1v) is 19.5. The summed E-state index contributed by atoms with van der Waals surface area (Å²) in [5.41, 5.74) is 11.6. The minimum atomic E-state index is 0.600. The summed E-state index contributed by atoms with van der Waals surface area (Å²) in [4.78, 5) is 15.3. The van der Waals surface area contributed by atoms with Crippen LogP contribution in [0.3, 0.4) is 0 Å². The summed E-state index contributed by atoms with van der Waals surface area (Å²) in [6.45, 7) is 0. The highest BCUT2D eigenvalue weighted by atomic mass is 32.1. The molecule has 3 heterocycles. The summed E-state index contributed by atoms with van der Waals surface area (Å²) in [5.74, 6) is 1.86. The fourth-order valence-electron chi connectivity index (χ4n) is 7.74. The Morgan fingerprint density at radius 1 is 0.321 bits per heavy atom. The fraction of sp³-hybridized carbons (Fsp3) is 0. The van der Waals surface area contributed by atoms with Crippen LogP contribution < -0.4 is 0 Å². The maximum Gasteiger partial charge on any atom is 0.164 e. The van der Waals surface area contributed by atoms with E-state index >= 15 is 0 Å². The molecule has 0 unspecified atom stereocenters. The van der Waals surface area contributed by atoms with Crippen LogP contribution in [0.2, 0.25) is 0 Å². The molecule has 0 bridgehead atoms. The van der Waals surface area contributed by atoms with Gasteiger partial charge < -0.3 is 4.42 Å². The van der Waals surface area contributed by atoms with Gasteiger partial charge >= 0.3 is 0 Å². The van der Waals surface area contributed by atoms with Crippen molar-refractivity contribution >= 4 is 53.4 Å². The number of aromatic nitrogens is 3. The first kappa shape index (κ1) is 32.2. The smallest absolute Gasteiger partial charge is 0.164 e. The molecule has 56 heavy (non-hydrogen) atoms. The van der Waals surface area contributed by atoms with Gasteiger partial charge in [0, 0.05) is 47.6 Å². The molecule has 0 atom stereocenters. The maximum atomic E-state index is 6.27. The van der Waals surface area contributed by atoms with Crippen LogP contribution in [0, 0.1) is 0 Å². The van der Waals surface area contributed by atoms with E-state index < -0.39 is 0 Å². The van der Waals surface area contributed by atoms with E-state index in [0.29, 0.717) is 17.5 Å². The third-order valence-corrected chi connectivity index (χ3v) is 11.7. The summed E-state index contributed by atoms with van der Waals surface area (Å²) < 4.78 is 8.68. The van der Waals surface area contributed by atoms with Gasteiger partial charge in [-0.2, -0.15) is 0 Å². The number of fused-ring (bicyclic) bond motifs is 6. The van der Waals surface area contributed by atoms with Gasteiger partial charge in [-0.1, -0.05) is 152 Å². The standard InChI is InChI=1S/C51H31N3OS/c1-3-10-32(11-4-1)33-18-20-34(21-19-33)35-22-24-36(25-23-35)38-27-29-46-43(30-38)48-42(15-9-17-47(48)56-46)51-53-49(37-12-5-2-6-13-37)52-50(54-51)39-26-28-41-40-14-7-8-16-44(40)55-45(41)31-39/h1-31H. The first-order valence-electron chi connectivity index (χ1n) is 18.7. The van der Waals surface area contributed by atoms with Crippen LogP contribution in [0.1, 0.15) is 0 Å². The van der Waals surface area contributed by atoms with E-state index in [9.17, 15) is 0 Å². The SMILES string of the molecule is c1ccc(-c2ccc(-c3ccc(-c4ccc5sc6cccc(-c7nc(-c8ccccc8)nc(-c8ccc9c(c8)oc8ccccc89)n7)c6c5c4)cc3)cc2)cc1. The van der Waals surface area contributed by atoms with E-state index in [4.69, 9.17) is 19.4 Å². The molecule has 11 rings (SSSR count). The summed E-state index contributed by atoms with van der Waals surface area (Å²) in [6, 6.07) is 65.9. The zero-order chi connectivity index (χ0) is 37.0. The van der Waals surface area contributed by atoms with Crippen LogP contribution in [0.25, 0.3) is 110 Å². The monoisotopic (exact) mass is 733 g/mol. The molecule has 0 fully saturated rings. The summed E-state index contributed by atoms with van der Waals surface area (Å²) in [5, 5.41) is 4.49. The van der Waals surface area contributed by atoms with Gasteiger partial charge in [0.2, 0.25) is 0 Å². The Morgan fingerprint density at radius 3 is 1.57 bits per heavy atom. The summed E-state index contributed by atoms with van der Waals surface area (Å²) >= 11 is 1.79. The highest BCUT2D eigenvalue weighted by Crippen LogP contribution is 2.42. The van der Waals surface area contributed by atoms with Gasteiger partial charge in [-0.25, -0.2) is 15.0 Å². The van der Waals surface area contributed by atoms with Crippen molar-refractivity contribution < 1.29 is 4.42 Å². The van der Waals surface area contributed by atoms with Crippen molar-refractivity contribution in [2.24, 2.45) is 0 Å². The van der Waals surface area contributed by atoms with Crippen molar-refractivity contribution in [1.29, 1.82) is 0 Å². The highest BCUT2D eigenvalue weighted by Gasteiger charge is 2.18. The maximum absolute atomic E-state index is 6.27. The summed E-state index contributed by atoms with van der Waals surface area (Å²) in [6.07, 6.45) is 0. The Hall–Kier alpha value is -7.21. The van der Waals surface area contributed by atoms with Crippen molar-refractivity contribution in [3.8, 4) is 67.5 Å². The number of benzene rings is 8. The molecule has 4 nitrogen and oxygen atoms in total. The second-order valence-electron chi connectivity index (χ2n) is 14.0. The number of para-hydroxylation sites is 1. The van der Waals surface area contributed by atoms with Crippen LogP contribution in [-0.4, -0.2) is 15.0 Å². The molecule has 0 radical (unpaired) electrons. The Morgan fingerprint density at radius 2 is 0.857 bits per heavy atom. The van der Waals surface area contributed by atoms with E-state index in [0.717, 1.165) is 44.0 Å². The van der Waals surface area contributed by atoms with Crippen molar-refractivity contribution in [3.63, 3.8) is 0 Å². The highest BCUT2D eigenvalue weighted by molar-refractivity contribution is 7.26. The molecule has 0 saturated heterocycles. The second-order valence-corrected chi connectivity index (χ2v) is 15.1. The second kappa shape index (κ2) is 13.3. The van der Waals surface area contributed by atoms with Gasteiger partial charge in [-0.15, -0.1) is 11.3 Å². The van der Waals surface area contributed by atoms with Crippen molar-refractivity contribution in [2.45, 2.75) is 0 Å². The van der Waals surface area contributed by atoms with Gasteiger partial charge in [0.15, 0.2) is 17.5 Å². The number of nitrogens with zero attached hydrogens (tertiary/aromatic N) is 3. The van der Waals surface area contributed by atoms with E-state index in [2.05, 4.69) is 133 Å². The predicted molar refractivity (Wildman–Crippen MR) is 233 cm³/mol. The molecule has 0 saturated carbocycles. The number of thiophene rings is 1. The molecule has 262 valence electrons. The lowest BCUT2D eigenvalue weighted by Crippen LogP contribution is -2.00. The first-order chi connectivity index (χ1) is 27.7. The quantitative estimate of drug-likeness (QED) is 0.171. The number of hydrogen-bond donors (Lipinski definition) is 0. The summed E-state index contributed by atoms with van der Waals surface area (Å²) in [7, 11) is 0. The van der Waals surface area contributed by atoms with E-state index in [-0.39, 0.29) is 0 Å². The molecule has 0 aliphatic heterocycles. The Balaban J connectivity index is 1.00. The van der Waals surface area contributed by atoms with Gasteiger partial charge in [0.25, 0.3) is 0 Å². The fourth-order valence-corrected chi connectivity index (χ4v) is 8.85. The minimum absolute atomic E-state index is 0.600. The number of hydrogen-bond acceptors (Lipinski definition) is 5. The third-order valence-electron chi connectivity index (χ3n) is 10.6. The predicted octanol–water partition coefficient (Wildman–Crippen LogP) is 14.1. The Labute approximate surface area is 327 Å².